The van der Waals surface area contributed by atoms with Crippen LogP contribution in [0.4, 0.5) is 5.69 Å². The van der Waals surface area contributed by atoms with Gasteiger partial charge in [0.1, 0.15) is 17.9 Å². The summed E-state index contributed by atoms with van der Waals surface area (Å²) >= 11 is 0. The number of methoxy groups -OCH3 is 1. The van der Waals surface area contributed by atoms with E-state index in [0.29, 0.717) is 0 Å². The van der Waals surface area contributed by atoms with Gasteiger partial charge in [-0.25, -0.2) is 0 Å². The van der Waals surface area contributed by atoms with Crippen LogP contribution in [-0.2, 0) is 4.79 Å². The number of hydrogen-bond acceptors (Lipinski definition) is 6. The maximum absolute atomic E-state index is 11.3. The fourth-order valence-corrected chi connectivity index (χ4v) is 1.40. The van der Waals surface area contributed by atoms with Crippen molar-refractivity contribution in [1.29, 1.82) is 0 Å². The lowest BCUT2D eigenvalue weighted by molar-refractivity contribution is -0.385. The van der Waals surface area contributed by atoms with Gasteiger partial charge in [-0.1, -0.05) is 0 Å². The van der Waals surface area contributed by atoms with Crippen LogP contribution in [-0.4, -0.2) is 37.1 Å². The number of ether oxygens (including phenoxy) is 2. The number of nitrogens with two attached hydrogens (primary N) is 1. The van der Waals surface area contributed by atoms with E-state index >= 15 is 0 Å². The second-order valence-corrected chi connectivity index (χ2v) is 4.33. The first-order valence-corrected chi connectivity index (χ1v) is 5.78. The number of primary amides is 1. The molecule has 0 aliphatic carbocycles. The number of likely N-dealkylation sites (N-methyl/N-ethyl adjacent to an activating group) is 1. The molecule has 1 aromatic rings. The zero-order valence-electron chi connectivity index (χ0n) is 11.5. The average molecular weight is 283 g/mol. The van der Waals surface area contributed by atoms with Crippen molar-refractivity contribution in [3.8, 4) is 11.5 Å². The van der Waals surface area contributed by atoms with Crippen LogP contribution in [0.5, 0.6) is 11.5 Å². The topological polar surface area (TPSA) is 117 Å². The minimum absolute atomic E-state index is 0.0533. The molecular weight excluding hydrogens is 266 g/mol. The summed E-state index contributed by atoms with van der Waals surface area (Å²) in [6.07, 6.45) is 0. The normalized spacial score (nSPS) is 13.3. The molecule has 0 aromatic heterocycles. The van der Waals surface area contributed by atoms with E-state index in [9.17, 15) is 14.9 Å². The van der Waals surface area contributed by atoms with E-state index in [-0.39, 0.29) is 23.8 Å². The van der Waals surface area contributed by atoms with Crippen LogP contribution in [0.15, 0.2) is 18.2 Å². The Morgan fingerprint density at radius 1 is 1.55 bits per heavy atom. The maximum atomic E-state index is 11.3. The van der Waals surface area contributed by atoms with Gasteiger partial charge >= 0.3 is 5.69 Å². The van der Waals surface area contributed by atoms with Crippen molar-refractivity contribution < 1.29 is 19.2 Å². The Morgan fingerprint density at radius 2 is 2.20 bits per heavy atom. The van der Waals surface area contributed by atoms with Crippen molar-refractivity contribution in [3.63, 3.8) is 0 Å². The molecule has 3 N–H and O–H groups in total. The molecule has 0 spiro atoms. The van der Waals surface area contributed by atoms with E-state index in [2.05, 4.69) is 5.32 Å². The van der Waals surface area contributed by atoms with E-state index in [1.54, 1.807) is 14.0 Å². The third kappa shape index (κ3) is 3.35. The fraction of sp³-hybridized carbons (Fsp3) is 0.417. The van der Waals surface area contributed by atoms with Gasteiger partial charge in [0, 0.05) is 0 Å². The first-order valence-electron chi connectivity index (χ1n) is 5.78. The minimum Gasteiger partial charge on any atom is -0.491 e. The number of nitro groups is 1. The van der Waals surface area contributed by atoms with E-state index in [0.717, 1.165) is 0 Å². The fourth-order valence-electron chi connectivity index (χ4n) is 1.40. The van der Waals surface area contributed by atoms with Gasteiger partial charge in [0.2, 0.25) is 5.91 Å². The Bertz CT molecular complexity index is 520. The summed E-state index contributed by atoms with van der Waals surface area (Å²) < 4.78 is 10.3. The van der Waals surface area contributed by atoms with Crippen molar-refractivity contribution in [1.82, 2.24) is 5.32 Å². The van der Waals surface area contributed by atoms with Gasteiger partial charge in [-0.2, -0.15) is 0 Å². The van der Waals surface area contributed by atoms with E-state index in [1.807, 2.05) is 0 Å². The second-order valence-electron chi connectivity index (χ2n) is 4.33. The third-order valence-electron chi connectivity index (χ3n) is 2.97. The van der Waals surface area contributed by atoms with E-state index < -0.39 is 16.4 Å². The lowest BCUT2D eigenvalue weighted by Crippen LogP contribution is -2.55. The first-order chi connectivity index (χ1) is 9.34. The highest BCUT2D eigenvalue weighted by Gasteiger charge is 2.30. The number of carbonyl (C=O) groups is 1. The predicted molar refractivity (Wildman–Crippen MR) is 71.8 cm³/mol. The highest BCUT2D eigenvalue weighted by molar-refractivity contribution is 5.84. The summed E-state index contributed by atoms with van der Waals surface area (Å²) in [5, 5.41) is 13.6. The molecule has 20 heavy (non-hydrogen) atoms. The number of nitrogens with one attached hydrogen (secondary N) is 1. The molecule has 8 heteroatoms. The van der Waals surface area contributed by atoms with Gasteiger partial charge in [0.15, 0.2) is 5.75 Å². The van der Waals surface area contributed by atoms with Crippen molar-refractivity contribution in [2.45, 2.75) is 12.5 Å². The zero-order chi connectivity index (χ0) is 15.3. The molecule has 1 unspecified atom stereocenters. The molecule has 1 aromatic carbocycles. The van der Waals surface area contributed by atoms with Gasteiger partial charge in [0.05, 0.1) is 18.1 Å². The Kier molecular flexibility index (Phi) is 4.87. The molecule has 8 nitrogen and oxygen atoms in total. The quantitative estimate of drug-likeness (QED) is 0.554. The molecule has 1 rings (SSSR count). The van der Waals surface area contributed by atoms with Crippen LogP contribution in [0.1, 0.15) is 6.92 Å². The molecular formula is C12H17N3O5. The summed E-state index contributed by atoms with van der Waals surface area (Å²) in [5.41, 5.74) is 3.99. The summed E-state index contributed by atoms with van der Waals surface area (Å²) in [5.74, 6) is -0.197. The third-order valence-corrected chi connectivity index (χ3v) is 2.97. The second kappa shape index (κ2) is 6.20. The molecule has 0 saturated carbocycles. The minimum atomic E-state index is -1.06. The monoisotopic (exact) mass is 283 g/mol. The molecule has 0 saturated heterocycles. The van der Waals surface area contributed by atoms with Crippen LogP contribution in [0.3, 0.4) is 0 Å². The maximum Gasteiger partial charge on any atom is 0.314 e. The molecule has 0 aliphatic heterocycles. The number of carbonyl (C=O) groups excluding carboxylic acids is 1. The summed E-state index contributed by atoms with van der Waals surface area (Å²) in [4.78, 5) is 21.6. The molecule has 1 atom stereocenters. The van der Waals surface area contributed by atoms with Gasteiger partial charge in [-0.15, -0.1) is 0 Å². The van der Waals surface area contributed by atoms with Crippen LogP contribution in [0.25, 0.3) is 0 Å². The Labute approximate surface area is 116 Å². The average Bonchev–Trinajstić information content (AvgIpc) is 2.44. The first kappa shape index (κ1) is 15.7. The Morgan fingerprint density at radius 3 is 2.65 bits per heavy atom. The lowest BCUT2D eigenvalue weighted by Gasteiger charge is -2.25. The van der Waals surface area contributed by atoms with E-state index in [1.165, 1.54) is 25.3 Å². The number of nitrogens with zero attached hydrogens (tertiary/aromatic N) is 1. The summed E-state index contributed by atoms with van der Waals surface area (Å²) in [6, 6.07) is 4.17. The molecule has 0 heterocycles. The molecule has 1 amide bonds. The molecule has 0 bridgehead atoms. The smallest absolute Gasteiger partial charge is 0.314 e. The van der Waals surface area contributed by atoms with Crippen LogP contribution in [0.2, 0.25) is 0 Å². The zero-order valence-corrected chi connectivity index (χ0v) is 11.5. The number of benzene rings is 1. The van der Waals surface area contributed by atoms with Crippen molar-refractivity contribution in [3.05, 3.63) is 28.3 Å². The van der Waals surface area contributed by atoms with Gasteiger partial charge in [0.25, 0.3) is 0 Å². The lowest BCUT2D eigenvalue weighted by atomic mass is 10.0. The predicted octanol–water partition coefficient (Wildman–Crippen LogP) is 0.446. The summed E-state index contributed by atoms with van der Waals surface area (Å²) in [7, 11) is 2.92. The van der Waals surface area contributed by atoms with Crippen LogP contribution >= 0.6 is 0 Å². The largest absolute Gasteiger partial charge is 0.491 e. The molecule has 0 fully saturated rings. The molecule has 0 radical (unpaired) electrons. The van der Waals surface area contributed by atoms with Crippen LogP contribution in [0, 0.1) is 10.1 Å². The van der Waals surface area contributed by atoms with Crippen molar-refractivity contribution >= 4 is 11.6 Å². The van der Waals surface area contributed by atoms with Gasteiger partial charge in [-0.05, 0) is 26.1 Å². The number of hydrogen-bond donors (Lipinski definition) is 2. The molecule has 0 aliphatic rings. The number of nitro benzene ring substituents is 1. The SMILES string of the molecule is CNC(C)(COc1ccc(OC)c([N+](=O)[O-])c1)C(N)=O. The summed E-state index contributed by atoms with van der Waals surface area (Å²) in [6.45, 7) is 1.52. The van der Waals surface area contributed by atoms with Crippen molar-refractivity contribution in [2.24, 2.45) is 5.73 Å². The Balaban J connectivity index is 2.92. The van der Waals surface area contributed by atoms with Gasteiger partial charge < -0.3 is 20.5 Å². The standard InChI is InChI=1S/C12H17N3O5/c1-12(14-2,11(13)16)7-20-8-4-5-10(19-3)9(6-8)15(17)18/h4-6,14H,7H2,1-3H3,(H2,13,16). The van der Waals surface area contributed by atoms with Crippen molar-refractivity contribution in [2.75, 3.05) is 20.8 Å². The Hall–Kier alpha value is -2.35. The number of rotatable bonds is 7. The highest BCUT2D eigenvalue weighted by atomic mass is 16.6. The molecule has 110 valence electrons. The van der Waals surface area contributed by atoms with Crippen LogP contribution < -0.4 is 20.5 Å². The number of amides is 1. The van der Waals surface area contributed by atoms with E-state index in [4.69, 9.17) is 15.2 Å². The van der Waals surface area contributed by atoms with Gasteiger partial charge in [-0.3, -0.25) is 14.9 Å². The highest BCUT2D eigenvalue weighted by Crippen LogP contribution is 2.30.